The average molecular weight is 238 g/mol. The van der Waals surface area contributed by atoms with Gasteiger partial charge in [0.25, 0.3) is 0 Å². The first-order valence-electron chi connectivity index (χ1n) is 5.81. The van der Waals surface area contributed by atoms with Crippen LogP contribution in [0.2, 0.25) is 0 Å². The van der Waals surface area contributed by atoms with Gasteiger partial charge in [-0.3, -0.25) is 4.79 Å². The van der Waals surface area contributed by atoms with Crippen molar-refractivity contribution in [1.82, 2.24) is 19.7 Å². The van der Waals surface area contributed by atoms with Crippen molar-refractivity contribution in [2.75, 3.05) is 20.3 Å². The molecule has 6 heteroatoms. The minimum atomic E-state index is 0.142. The molecule has 1 aromatic heterocycles. The van der Waals surface area contributed by atoms with Crippen molar-refractivity contribution in [2.45, 2.75) is 19.4 Å². The van der Waals surface area contributed by atoms with Gasteiger partial charge in [-0.1, -0.05) is 0 Å². The Balaban J connectivity index is 1.84. The Morgan fingerprint density at radius 1 is 1.71 bits per heavy atom. The van der Waals surface area contributed by atoms with E-state index in [1.54, 1.807) is 18.3 Å². The van der Waals surface area contributed by atoms with Gasteiger partial charge in [-0.05, 0) is 12.3 Å². The molecule has 6 nitrogen and oxygen atoms in total. The normalized spacial score (nSPS) is 19.5. The summed E-state index contributed by atoms with van der Waals surface area (Å²) in [4.78, 5) is 13.6. The lowest BCUT2D eigenvalue weighted by Gasteiger charge is -2.18. The Morgan fingerprint density at radius 2 is 2.53 bits per heavy atom. The third kappa shape index (κ3) is 3.03. The maximum Gasteiger partial charge on any atom is 0.223 e. The molecule has 1 aliphatic rings. The second-order valence-electron chi connectivity index (χ2n) is 4.54. The fraction of sp³-hybridized carbons (Fsp3) is 0.727. The SMILES string of the molecule is CN(Cc1nncn1C)C(=O)CC1CCOC1. The Morgan fingerprint density at radius 3 is 3.12 bits per heavy atom. The molecule has 94 valence electrons. The van der Waals surface area contributed by atoms with Crippen LogP contribution in [0.4, 0.5) is 0 Å². The minimum absolute atomic E-state index is 0.142. The van der Waals surface area contributed by atoms with Crippen LogP contribution < -0.4 is 0 Å². The van der Waals surface area contributed by atoms with E-state index in [-0.39, 0.29) is 5.91 Å². The summed E-state index contributed by atoms with van der Waals surface area (Å²) in [6.45, 7) is 2.00. The van der Waals surface area contributed by atoms with Gasteiger partial charge in [0.1, 0.15) is 6.33 Å². The van der Waals surface area contributed by atoms with E-state index in [1.807, 2.05) is 11.6 Å². The number of ether oxygens (including phenoxy) is 1. The van der Waals surface area contributed by atoms with Gasteiger partial charge in [-0.15, -0.1) is 10.2 Å². The summed E-state index contributed by atoms with van der Waals surface area (Å²) >= 11 is 0. The van der Waals surface area contributed by atoms with Crippen molar-refractivity contribution in [3.63, 3.8) is 0 Å². The molecular formula is C11H18N4O2. The molecule has 17 heavy (non-hydrogen) atoms. The quantitative estimate of drug-likeness (QED) is 0.752. The zero-order chi connectivity index (χ0) is 12.3. The summed E-state index contributed by atoms with van der Waals surface area (Å²) < 4.78 is 7.09. The number of hydrogen-bond acceptors (Lipinski definition) is 4. The van der Waals surface area contributed by atoms with Gasteiger partial charge in [0.2, 0.25) is 5.91 Å². The molecule has 0 N–H and O–H groups in total. The maximum atomic E-state index is 11.9. The Labute approximate surface area is 101 Å². The predicted octanol–water partition coefficient (Wildman–Crippen LogP) is 0.200. The highest BCUT2D eigenvalue weighted by Crippen LogP contribution is 2.17. The predicted molar refractivity (Wildman–Crippen MR) is 61.0 cm³/mol. The summed E-state index contributed by atoms with van der Waals surface area (Å²) in [5.41, 5.74) is 0. The number of aryl methyl sites for hydroxylation is 1. The van der Waals surface area contributed by atoms with E-state index in [1.165, 1.54) is 0 Å². The third-order valence-electron chi connectivity index (χ3n) is 3.10. The lowest BCUT2D eigenvalue weighted by molar-refractivity contribution is -0.131. The molecule has 0 aromatic carbocycles. The van der Waals surface area contributed by atoms with Gasteiger partial charge in [-0.2, -0.15) is 0 Å². The Hall–Kier alpha value is -1.43. The first-order valence-corrected chi connectivity index (χ1v) is 5.81. The van der Waals surface area contributed by atoms with Crippen LogP contribution in [-0.4, -0.2) is 45.8 Å². The summed E-state index contributed by atoms with van der Waals surface area (Å²) in [5, 5.41) is 7.76. The zero-order valence-corrected chi connectivity index (χ0v) is 10.3. The molecule has 1 aliphatic heterocycles. The van der Waals surface area contributed by atoms with E-state index < -0.39 is 0 Å². The molecule has 0 radical (unpaired) electrons. The Kier molecular flexibility index (Phi) is 3.73. The number of carbonyl (C=O) groups is 1. The Bertz CT molecular complexity index is 385. The molecule has 2 heterocycles. The van der Waals surface area contributed by atoms with Gasteiger partial charge in [0.05, 0.1) is 6.54 Å². The van der Waals surface area contributed by atoms with Crippen molar-refractivity contribution >= 4 is 5.91 Å². The molecule has 0 spiro atoms. The fourth-order valence-electron chi connectivity index (χ4n) is 1.90. The molecule has 1 saturated heterocycles. The van der Waals surface area contributed by atoms with Crippen molar-refractivity contribution in [3.8, 4) is 0 Å². The maximum absolute atomic E-state index is 11.9. The lowest BCUT2D eigenvalue weighted by atomic mass is 10.0. The topological polar surface area (TPSA) is 60.2 Å². The number of hydrogen-bond donors (Lipinski definition) is 0. The second-order valence-corrected chi connectivity index (χ2v) is 4.54. The molecule has 1 atom stereocenters. The van der Waals surface area contributed by atoms with Gasteiger partial charge in [-0.25, -0.2) is 0 Å². The largest absolute Gasteiger partial charge is 0.381 e. The van der Waals surface area contributed by atoms with E-state index in [0.717, 1.165) is 18.9 Å². The van der Waals surface area contributed by atoms with Crippen LogP contribution in [0.5, 0.6) is 0 Å². The van der Waals surface area contributed by atoms with Crippen LogP contribution in [0.3, 0.4) is 0 Å². The van der Waals surface area contributed by atoms with Crippen molar-refractivity contribution in [3.05, 3.63) is 12.2 Å². The van der Waals surface area contributed by atoms with E-state index in [9.17, 15) is 4.79 Å². The van der Waals surface area contributed by atoms with Crippen LogP contribution >= 0.6 is 0 Å². The van der Waals surface area contributed by atoms with Crippen LogP contribution in [-0.2, 0) is 23.1 Å². The summed E-state index contributed by atoms with van der Waals surface area (Å²) in [6.07, 6.45) is 3.19. The standard InChI is InChI=1S/C11H18N4O2/c1-14(6-10-13-12-8-15(10)2)11(16)5-9-3-4-17-7-9/h8-9H,3-7H2,1-2H3. The molecule has 0 bridgehead atoms. The number of rotatable bonds is 4. The van der Waals surface area contributed by atoms with Crippen molar-refractivity contribution in [2.24, 2.45) is 13.0 Å². The molecular weight excluding hydrogens is 220 g/mol. The molecule has 1 fully saturated rings. The minimum Gasteiger partial charge on any atom is -0.381 e. The van der Waals surface area contributed by atoms with Crippen LogP contribution in [0, 0.1) is 5.92 Å². The smallest absolute Gasteiger partial charge is 0.223 e. The van der Waals surface area contributed by atoms with E-state index in [2.05, 4.69) is 10.2 Å². The molecule has 1 unspecified atom stereocenters. The fourth-order valence-corrected chi connectivity index (χ4v) is 1.90. The van der Waals surface area contributed by atoms with E-state index >= 15 is 0 Å². The van der Waals surface area contributed by atoms with Gasteiger partial charge < -0.3 is 14.2 Å². The first kappa shape index (κ1) is 12.0. The summed E-state index contributed by atoms with van der Waals surface area (Å²) in [5.74, 6) is 1.32. The van der Waals surface area contributed by atoms with Gasteiger partial charge in [0.15, 0.2) is 5.82 Å². The van der Waals surface area contributed by atoms with Gasteiger partial charge >= 0.3 is 0 Å². The summed E-state index contributed by atoms with van der Waals surface area (Å²) in [7, 11) is 3.67. The van der Waals surface area contributed by atoms with Crippen LogP contribution in [0.25, 0.3) is 0 Å². The average Bonchev–Trinajstić information content (AvgIpc) is 2.91. The van der Waals surface area contributed by atoms with E-state index in [0.29, 0.717) is 25.5 Å². The molecule has 1 amide bonds. The lowest BCUT2D eigenvalue weighted by Crippen LogP contribution is -2.29. The number of nitrogens with zero attached hydrogens (tertiary/aromatic N) is 4. The summed E-state index contributed by atoms with van der Waals surface area (Å²) in [6, 6.07) is 0. The van der Waals surface area contributed by atoms with E-state index in [4.69, 9.17) is 4.74 Å². The van der Waals surface area contributed by atoms with Crippen molar-refractivity contribution < 1.29 is 9.53 Å². The monoisotopic (exact) mass is 238 g/mol. The zero-order valence-electron chi connectivity index (χ0n) is 10.3. The highest BCUT2D eigenvalue weighted by Gasteiger charge is 2.21. The molecule has 0 aliphatic carbocycles. The number of aromatic nitrogens is 3. The molecule has 1 aromatic rings. The van der Waals surface area contributed by atoms with Crippen molar-refractivity contribution in [1.29, 1.82) is 0 Å². The molecule has 0 saturated carbocycles. The third-order valence-corrected chi connectivity index (χ3v) is 3.10. The first-order chi connectivity index (χ1) is 8.16. The highest BCUT2D eigenvalue weighted by atomic mass is 16.5. The van der Waals surface area contributed by atoms with Gasteiger partial charge in [0, 0.05) is 33.7 Å². The second kappa shape index (κ2) is 5.27. The highest BCUT2D eigenvalue weighted by molar-refractivity contribution is 5.76. The number of amides is 1. The van der Waals surface area contributed by atoms with Crippen LogP contribution in [0.15, 0.2) is 6.33 Å². The number of carbonyl (C=O) groups excluding carboxylic acids is 1. The molecule has 2 rings (SSSR count). The van der Waals surface area contributed by atoms with Crippen LogP contribution in [0.1, 0.15) is 18.7 Å².